The van der Waals surface area contributed by atoms with Crippen LogP contribution in [0.5, 0.6) is 5.75 Å². The molecular weight excluding hydrogens is 338 g/mol. The molecule has 0 N–H and O–H groups in total. The normalized spacial score (nSPS) is 10.5. The molecule has 0 aliphatic rings. The predicted molar refractivity (Wildman–Crippen MR) is 96.1 cm³/mol. The minimum atomic E-state index is -0.313. The van der Waals surface area contributed by atoms with Crippen LogP contribution in [-0.2, 0) is 9.53 Å². The van der Waals surface area contributed by atoms with Crippen molar-refractivity contribution in [1.29, 1.82) is 0 Å². The molecule has 7 heteroatoms. The van der Waals surface area contributed by atoms with Crippen LogP contribution in [-0.4, -0.2) is 40.7 Å². The summed E-state index contributed by atoms with van der Waals surface area (Å²) in [5.41, 5.74) is 1.79. The van der Waals surface area contributed by atoms with Crippen molar-refractivity contribution >= 4 is 17.7 Å². The maximum Gasteiger partial charge on any atom is 0.316 e. The van der Waals surface area contributed by atoms with Gasteiger partial charge in [0, 0.05) is 11.6 Å². The van der Waals surface area contributed by atoms with Gasteiger partial charge < -0.3 is 9.47 Å². The SMILES string of the molecule is COC(=O)CSc1nnc(-c2ccccc2)n1-c1cccc(OC)c1. The Morgan fingerprint density at radius 1 is 1.08 bits per heavy atom. The van der Waals surface area contributed by atoms with Crippen molar-refractivity contribution in [1.82, 2.24) is 14.8 Å². The molecule has 0 radical (unpaired) electrons. The molecular formula is C18H17N3O3S. The van der Waals surface area contributed by atoms with E-state index >= 15 is 0 Å². The smallest absolute Gasteiger partial charge is 0.316 e. The number of esters is 1. The molecule has 0 saturated heterocycles. The van der Waals surface area contributed by atoms with Crippen LogP contribution in [0.4, 0.5) is 0 Å². The first-order valence-corrected chi connectivity index (χ1v) is 8.56. The summed E-state index contributed by atoms with van der Waals surface area (Å²) in [6, 6.07) is 17.4. The van der Waals surface area contributed by atoms with E-state index in [0.717, 1.165) is 17.0 Å². The molecule has 2 aromatic carbocycles. The fourth-order valence-electron chi connectivity index (χ4n) is 2.30. The number of nitrogens with zero attached hydrogens (tertiary/aromatic N) is 3. The van der Waals surface area contributed by atoms with Crippen molar-refractivity contribution in [3.63, 3.8) is 0 Å². The summed E-state index contributed by atoms with van der Waals surface area (Å²) >= 11 is 1.28. The summed E-state index contributed by atoms with van der Waals surface area (Å²) in [5.74, 6) is 1.27. The van der Waals surface area contributed by atoms with E-state index in [-0.39, 0.29) is 11.7 Å². The van der Waals surface area contributed by atoms with Crippen LogP contribution >= 0.6 is 11.8 Å². The first-order chi connectivity index (χ1) is 12.2. The van der Waals surface area contributed by atoms with Crippen LogP contribution < -0.4 is 4.74 Å². The number of aromatic nitrogens is 3. The summed E-state index contributed by atoms with van der Waals surface area (Å²) in [6.07, 6.45) is 0. The Labute approximate surface area is 149 Å². The van der Waals surface area contributed by atoms with Crippen LogP contribution in [0, 0.1) is 0 Å². The van der Waals surface area contributed by atoms with Gasteiger partial charge >= 0.3 is 5.97 Å². The number of methoxy groups -OCH3 is 2. The summed E-state index contributed by atoms with van der Waals surface area (Å²) in [4.78, 5) is 11.5. The molecule has 25 heavy (non-hydrogen) atoms. The van der Waals surface area contributed by atoms with Gasteiger partial charge in [0.05, 0.1) is 25.7 Å². The zero-order valence-corrected chi connectivity index (χ0v) is 14.7. The van der Waals surface area contributed by atoms with Gasteiger partial charge in [0.25, 0.3) is 0 Å². The minimum absolute atomic E-state index is 0.160. The minimum Gasteiger partial charge on any atom is -0.497 e. The van der Waals surface area contributed by atoms with Crippen molar-refractivity contribution in [3.05, 3.63) is 54.6 Å². The lowest BCUT2D eigenvalue weighted by molar-refractivity contribution is -0.137. The number of hydrogen-bond acceptors (Lipinski definition) is 6. The molecule has 1 aromatic heterocycles. The van der Waals surface area contributed by atoms with Gasteiger partial charge in [-0.15, -0.1) is 10.2 Å². The van der Waals surface area contributed by atoms with E-state index in [1.54, 1.807) is 7.11 Å². The van der Waals surface area contributed by atoms with Gasteiger partial charge in [-0.3, -0.25) is 9.36 Å². The third-order valence-corrected chi connectivity index (χ3v) is 4.43. The Balaban J connectivity index is 2.07. The van der Waals surface area contributed by atoms with Gasteiger partial charge in [-0.05, 0) is 12.1 Å². The zero-order valence-electron chi connectivity index (χ0n) is 13.9. The second-order valence-corrected chi connectivity index (χ2v) is 6.02. The number of thioether (sulfide) groups is 1. The van der Waals surface area contributed by atoms with E-state index in [1.807, 2.05) is 59.2 Å². The third-order valence-electron chi connectivity index (χ3n) is 3.52. The van der Waals surface area contributed by atoms with E-state index in [2.05, 4.69) is 10.2 Å². The quantitative estimate of drug-likeness (QED) is 0.500. The number of ether oxygens (including phenoxy) is 2. The monoisotopic (exact) mass is 355 g/mol. The van der Waals surface area contributed by atoms with E-state index in [9.17, 15) is 4.79 Å². The largest absolute Gasteiger partial charge is 0.497 e. The van der Waals surface area contributed by atoms with Gasteiger partial charge in [0.15, 0.2) is 11.0 Å². The van der Waals surface area contributed by atoms with E-state index in [1.165, 1.54) is 18.9 Å². The fourth-order valence-corrected chi connectivity index (χ4v) is 3.09. The molecule has 0 bridgehead atoms. The number of hydrogen-bond donors (Lipinski definition) is 0. The van der Waals surface area contributed by atoms with Gasteiger partial charge in [0.2, 0.25) is 0 Å². The van der Waals surface area contributed by atoms with Gasteiger partial charge in [-0.2, -0.15) is 0 Å². The Hall–Kier alpha value is -2.80. The molecule has 0 saturated carbocycles. The van der Waals surface area contributed by atoms with E-state index in [0.29, 0.717) is 11.0 Å². The maximum absolute atomic E-state index is 11.5. The second kappa shape index (κ2) is 7.85. The molecule has 3 aromatic rings. The Morgan fingerprint density at radius 2 is 1.88 bits per heavy atom. The molecule has 1 heterocycles. The molecule has 0 aliphatic heterocycles. The number of carbonyl (C=O) groups excluding carboxylic acids is 1. The van der Waals surface area contributed by atoms with Crippen molar-refractivity contribution in [3.8, 4) is 22.8 Å². The topological polar surface area (TPSA) is 66.2 Å². The molecule has 0 unspecified atom stereocenters. The highest BCUT2D eigenvalue weighted by Gasteiger charge is 2.17. The highest BCUT2D eigenvalue weighted by Crippen LogP contribution is 2.29. The van der Waals surface area contributed by atoms with Gasteiger partial charge in [-0.1, -0.05) is 48.2 Å². The lowest BCUT2D eigenvalue weighted by Crippen LogP contribution is -2.05. The molecule has 6 nitrogen and oxygen atoms in total. The number of rotatable bonds is 6. The summed E-state index contributed by atoms with van der Waals surface area (Å²) in [5, 5.41) is 9.19. The Morgan fingerprint density at radius 3 is 2.60 bits per heavy atom. The van der Waals surface area contributed by atoms with Crippen molar-refractivity contribution in [2.45, 2.75) is 5.16 Å². The highest BCUT2D eigenvalue weighted by molar-refractivity contribution is 7.99. The average Bonchev–Trinajstić information content (AvgIpc) is 3.10. The Bertz CT molecular complexity index is 865. The first kappa shape index (κ1) is 17.0. The highest BCUT2D eigenvalue weighted by atomic mass is 32.2. The number of benzene rings is 2. The predicted octanol–water partition coefficient (Wildman–Crippen LogP) is 3.21. The van der Waals surface area contributed by atoms with E-state index < -0.39 is 0 Å². The second-order valence-electron chi connectivity index (χ2n) is 5.07. The van der Waals surface area contributed by atoms with Crippen molar-refractivity contribution in [2.75, 3.05) is 20.0 Å². The molecule has 0 fully saturated rings. The summed E-state index contributed by atoms with van der Waals surface area (Å²) < 4.78 is 11.9. The maximum atomic E-state index is 11.5. The lowest BCUT2D eigenvalue weighted by atomic mass is 10.2. The van der Waals surface area contributed by atoms with Crippen LogP contribution in [0.2, 0.25) is 0 Å². The molecule has 0 aliphatic carbocycles. The molecule has 0 spiro atoms. The molecule has 0 atom stereocenters. The fraction of sp³-hybridized carbons (Fsp3) is 0.167. The number of carbonyl (C=O) groups is 1. The molecule has 3 rings (SSSR count). The van der Waals surface area contributed by atoms with Crippen LogP contribution in [0.1, 0.15) is 0 Å². The van der Waals surface area contributed by atoms with E-state index in [4.69, 9.17) is 9.47 Å². The average molecular weight is 355 g/mol. The Kier molecular flexibility index (Phi) is 5.35. The van der Waals surface area contributed by atoms with Crippen LogP contribution in [0.3, 0.4) is 0 Å². The van der Waals surface area contributed by atoms with Crippen molar-refractivity contribution in [2.24, 2.45) is 0 Å². The standard InChI is InChI=1S/C18H17N3O3S/c1-23-15-10-6-9-14(11-15)21-17(13-7-4-3-5-8-13)19-20-18(21)25-12-16(22)24-2/h3-11H,12H2,1-2H3. The molecule has 0 amide bonds. The first-order valence-electron chi connectivity index (χ1n) is 7.58. The molecule has 128 valence electrons. The third kappa shape index (κ3) is 3.83. The van der Waals surface area contributed by atoms with Gasteiger partial charge in [0.1, 0.15) is 5.75 Å². The van der Waals surface area contributed by atoms with Crippen molar-refractivity contribution < 1.29 is 14.3 Å². The van der Waals surface area contributed by atoms with Crippen LogP contribution in [0.25, 0.3) is 17.1 Å². The van der Waals surface area contributed by atoms with Crippen LogP contribution in [0.15, 0.2) is 59.8 Å². The summed E-state index contributed by atoms with van der Waals surface area (Å²) in [6.45, 7) is 0. The zero-order chi connectivity index (χ0) is 17.6. The lowest BCUT2D eigenvalue weighted by Gasteiger charge is -2.11. The van der Waals surface area contributed by atoms with Gasteiger partial charge in [-0.25, -0.2) is 0 Å². The summed E-state index contributed by atoms with van der Waals surface area (Å²) in [7, 11) is 2.99.